The molecule has 0 N–H and O–H groups in total. The summed E-state index contributed by atoms with van der Waals surface area (Å²) < 4.78 is 21.3. The minimum atomic E-state index is 0.0106. The molecule has 0 aliphatic rings. The molecule has 0 saturated carbocycles. The van der Waals surface area contributed by atoms with Gasteiger partial charge in [-0.25, -0.2) is 0 Å². The van der Waals surface area contributed by atoms with Crippen LogP contribution in [0.2, 0.25) is 0 Å². The summed E-state index contributed by atoms with van der Waals surface area (Å²) in [6.07, 6.45) is 0. The topological polar surface area (TPSA) is 45.9 Å². The van der Waals surface area contributed by atoms with Crippen molar-refractivity contribution in [3.8, 4) is 0 Å². The third kappa shape index (κ3) is 6.20. The first kappa shape index (κ1) is 38.7. The van der Waals surface area contributed by atoms with Crippen molar-refractivity contribution in [1.82, 2.24) is 0 Å². The predicted molar refractivity (Wildman–Crippen MR) is 265 cm³/mol. The molecule has 0 radical (unpaired) electrons. The van der Waals surface area contributed by atoms with Crippen molar-refractivity contribution in [3.63, 3.8) is 0 Å². The highest BCUT2D eigenvalue weighted by molar-refractivity contribution is 6.35. The number of hydrogen-bond acceptors (Lipinski definition) is 5. The first-order valence-electron chi connectivity index (χ1n) is 21.9. The van der Waals surface area contributed by atoms with Crippen molar-refractivity contribution in [3.05, 3.63) is 180 Å². The lowest BCUT2D eigenvalue weighted by atomic mass is 9.87. The molecule has 0 aliphatic heterocycles. The van der Waals surface area contributed by atoms with E-state index in [1.54, 1.807) is 0 Å². The van der Waals surface area contributed by atoms with Crippen LogP contribution in [0.15, 0.2) is 171 Å². The molecule has 0 bridgehead atoms. The number of para-hydroxylation sites is 4. The van der Waals surface area contributed by atoms with Gasteiger partial charge < -0.3 is 23.1 Å². The van der Waals surface area contributed by atoms with Crippen LogP contribution in [0.25, 0.3) is 65.8 Å². The Hall–Kier alpha value is -7.24. The van der Waals surface area contributed by atoms with Gasteiger partial charge in [0.1, 0.15) is 27.9 Å². The van der Waals surface area contributed by atoms with Gasteiger partial charge in [-0.05, 0) is 95.5 Å². The maximum Gasteiger partial charge on any atom is 0.160 e. The van der Waals surface area contributed by atoms with Crippen LogP contribution >= 0.6 is 0 Å². The summed E-state index contributed by atoms with van der Waals surface area (Å²) in [5, 5.41) is 5.96. The fraction of sp³-hybridized carbons (Fsp3) is 0.172. The highest BCUT2D eigenvalue weighted by Gasteiger charge is 2.30. The molecule has 63 heavy (non-hydrogen) atoms. The molecule has 5 nitrogen and oxygen atoms in total. The molecule has 8 aromatic carbocycles. The number of rotatable bonds is 6. The summed E-state index contributed by atoms with van der Waals surface area (Å²) in [5.41, 5.74) is 15.6. The standard InChI is InChI=1S/C58H50N2O3/c1-35-17-9-13-21-43(35)59(39-29-25-37(26-30-39)57(3,4)5)45-33-50-54(56-51(45)41-19-11-15-23-47(41)63-56)53-49(61-50)34-46(55-52(53)42-20-12-16-24-48(42)62-55)60(44-22-14-10-18-36(44)2)40-31-27-38(28-32-40)58(6,7)8/h9-34H,1-8H3. The van der Waals surface area contributed by atoms with Crippen molar-refractivity contribution in [2.45, 2.75) is 66.2 Å². The van der Waals surface area contributed by atoms with Crippen LogP contribution in [0.1, 0.15) is 63.8 Å². The van der Waals surface area contributed by atoms with Crippen LogP contribution in [0, 0.1) is 13.8 Å². The highest BCUT2D eigenvalue weighted by atomic mass is 16.3. The first-order chi connectivity index (χ1) is 30.3. The minimum absolute atomic E-state index is 0.0106. The van der Waals surface area contributed by atoms with Gasteiger partial charge in [-0.15, -0.1) is 0 Å². The van der Waals surface area contributed by atoms with E-state index in [1.807, 2.05) is 12.1 Å². The predicted octanol–water partition coefficient (Wildman–Crippen LogP) is 17.5. The molecule has 3 heterocycles. The number of benzene rings is 8. The molecule has 0 atom stereocenters. The van der Waals surface area contributed by atoms with Gasteiger partial charge in [-0.2, -0.15) is 0 Å². The van der Waals surface area contributed by atoms with Crippen LogP contribution < -0.4 is 9.80 Å². The fourth-order valence-corrected chi connectivity index (χ4v) is 9.49. The zero-order chi connectivity index (χ0) is 43.4. The Bertz CT molecular complexity index is 3550. The molecule has 11 rings (SSSR count). The van der Waals surface area contributed by atoms with Gasteiger partial charge in [0.25, 0.3) is 0 Å². The van der Waals surface area contributed by atoms with Gasteiger partial charge in [-0.1, -0.05) is 139 Å². The number of fused-ring (bicyclic) bond motifs is 11. The molecule has 0 spiro atoms. The SMILES string of the molecule is Cc1ccccc1N(c1ccc(C(C)(C)C)cc1)c1cc2oc3cc(N(c4ccc(C(C)(C)C)cc4)c4ccccc4C)c4c5ccccc5oc4c3c2c2c1oc1ccccc12. The van der Waals surface area contributed by atoms with Crippen LogP contribution in [0.4, 0.5) is 34.1 Å². The first-order valence-corrected chi connectivity index (χ1v) is 21.9. The van der Waals surface area contributed by atoms with Crippen LogP contribution in [-0.2, 0) is 10.8 Å². The van der Waals surface area contributed by atoms with E-state index in [-0.39, 0.29) is 10.8 Å². The van der Waals surface area contributed by atoms with Crippen molar-refractivity contribution in [2.75, 3.05) is 9.80 Å². The van der Waals surface area contributed by atoms with Crippen molar-refractivity contribution in [2.24, 2.45) is 0 Å². The Kier molecular flexibility index (Phi) is 8.68. The van der Waals surface area contributed by atoms with Crippen LogP contribution in [0.5, 0.6) is 0 Å². The largest absolute Gasteiger partial charge is 0.456 e. The summed E-state index contributed by atoms with van der Waals surface area (Å²) in [5.74, 6) is 0. The molecule has 0 fully saturated rings. The zero-order valence-electron chi connectivity index (χ0n) is 37.1. The number of anilines is 6. The third-order valence-electron chi connectivity index (χ3n) is 12.8. The van der Waals surface area contributed by atoms with Crippen molar-refractivity contribution in [1.29, 1.82) is 0 Å². The van der Waals surface area contributed by atoms with Gasteiger partial charge >= 0.3 is 0 Å². The maximum absolute atomic E-state index is 7.24. The van der Waals surface area contributed by atoms with Gasteiger partial charge in [0.15, 0.2) is 5.58 Å². The second-order valence-electron chi connectivity index (χ2n) is 19.1. The van der Waals surface area contributed by atoms with E-state index in [0.717, 1.165) is 111 Å². The van der Waals surface area contributed by atoms with E-state index in [2.05, 4.69) is 211 Å². The monoisotopic (exact) mass is 822 g/mol. The van der Waals surface area contributed by atoms with E-state index in [1.165, 1.54) is 11.1 Å². The van der Waals surface area contributed by atoms with Crippen molar-refractivity contribution >= 4 is 99.9 Å². The molecule has 0 saturated heterocycles. The minimum Gasteiger partial charge on any atom is -0.456 e. The maximum atomic E-state index is 7.24. The number of furan rings is 3. The highest BCUT2D eigenvalue weighted by Crippen LogP contribution is 2.53. The molecule has 0 amide bonds. The van der Waals surface area contributed by atoms with E-state index in [0.29, 0.717) is 0 Å². The molecule has 3 aromatic heterocycles. The Labute approximate surface area is 367 Å². The second-order valence-corrected chi connectivity index (χ2v) is 19.1. The lowest BCUT2D eigenvalue weighted by Gasteiger charge is -2.28. The average Bonchev–Trinajstić information content (AvgIpc) is 3.96. The van der Waals surface area contributed by atoms with E-state index in [4.69, 9.17) is 13.3 Å². The smallest absolute Gasteiger partial charge is 0.160 e. The van der Waals surface area contributed by atoms with Gasteiger partial charge in [0.05, 0.1) is 22.1 Å². The number of hydrogen-bond donors (Lipinski definition) is 0. The summed E-state index contributed by atoms with van der Waals surface area (Å²) in [4.78, 5) is 4.69. The number of aryl methyl sites for hydroxylation is 2. The summed E-state index contributed by atoms with van der Waals surface area (Å²) >= 11 is 0. The second kappa shape index (κ2) is 14.1. The lowest BCUT2D eigenvalue weighted by molar-refractivity contribution is 0.590. The Morgan fingerprint density at radius 1 is 0.349 bits per heavy atom. The van der Waals surface area contributed by atoms with Gasteiger partial charge in [-0.3, -0.25) is 0 Å². The molecule has 0 aliphatic carbocycles. The van der Waals surface area contributed by atoms with Crippen LogP contribution in [-0.4, -0.2) is 0 Å². The fourth-order valence-electron chi connectivity index (χ4n) is 9.49. The van der Waals surface area contributed by atoms with Crippen LogP contribution in [0.3, 0.4) is 0 Å². The summed E-state index contributed by atoms with van der Waals surface area (Å²) in [7, 11) is 0. The van der Waals surface area contributed by atoms with Crippen molar-refractivity contribution < 1.29 is 13.3 Å². The van der Waals surface area contributed by atoms with E-state index >= 15 is 0 Å². The molecular formula is C58H50N2O3. The Balaban J connectivity index is 1.27. The summed E-state index contributed by atoms with van der Waals surface area (Å²) in [6.45, 7) is 17.9. The van der Waals surface area contributed by atoms with E-state index < -0.39 is 0 Å². The average molecular weight is 823 g/mol. The van der Waals surface area contributed by atoms with Gasteiger partial charge in [0, 0.05) is 56.4 Å². The summed E-state index contributed by atoms with van der Waals surface area (Å²) in [6, 6.07) is 56.2. The van der Waals surface area contributed by atoms with E-state index in [9.17, 15) is 0 Å². The molecular weight excluding hydrogens is 773 g/mol. The molecule has 5 heteroatoms. The molecule has 310 valence electrons. The molecule has 0 unspecified atom stereocenters. The quantitative estimate of drug-likeness (QED) is 0.167. The Morgan fingerprint density at radius 2 is 0.778 bits per heavy atom. The lowest BCUT2D eigenvalue weighted by Crippen LogP contribution is -2.14. The third-order valence-corrected chi connectivity index (χ3v) is 12.8. The number of nitrogens with zero attached hydrogens (tertiary/aromatic N) is 2. The normalized spacial score (nSPS) is 12.4. The van der Waals surface area contributed by atoms with Gasteiger partial charge in [0.2, 0.25) is 0 Å². The molecule has 11 aromatic rings. The Morgan fingerprint density at radius 3 is 1.30 bits per heavy atom. The zero-order valence-corrected chi connectivity index (χ0v) is 37.1.